The number of hydrogen-bond acceptors (Lipinski definition) is 6. The maximum Gasteiger partial charge on any atom is 0.161 e. The molecular formula is C13H23N5O. The number of hydrogen-bond donors (Lipinski definition) is 2. The summed E-state index contributed by atoms with van der Waals surface area (Å²) in [6.45, 7) is 8.96. The van der Waals surface area contributed by atoms with Crippen LogP contribution in [0.25, 0.3) is 0 Å². The van der Waals surface area contributed by atoms with Crippen LogP contribution in [0.5, 0.6) is 0 Å². The smallest absolute Gasteiger partial charge is 0.161 e. The van der Waals surface area contributed by atoms with Crippen LogP contribution in [0.2, 0.25) is 0 Å². The first-order valence-electron chi connectivity index (χ1n) is 6.84. The molecule has 106 valence electrons. The van der Waals surface area contributed by atoms with Crippen LogP contribution in [0, 0.1) is 0 Å². The van der Waals surface area contributed by atoms with Gasteiger partial charge in [-0.25, -0.2) is 15.8 Å². The lowest BCUT2D eigenvalue weighted by Crippen LogP contribution is -2.42. The minimum atomic E-state index is -0.0743. The molecule has 2 rings (SSSR count). The Hall–Kier alpha value is -1.24. The summed E-state index contributed by atoms with van der Waals surface area (Å²) in [6.07, 6.45) is 0.778. The zero-order chi connectivity index (χ0) is 13.8. The Bertz CT molecular complexity index is 401. The second-order valence-electron chi connectivity index (χ2n) is 5.05. The Morgan fingerprint density at radius 2 is 2.32 bits per heavy atom. The highest BCUT2D eigenvalue weighted by Crippen LogP contribution is 2.22. The van der Waals surface area contributed by atoms with E-state index >= 15 is 0 Å². The van der Waals surface area contributed by atoms with E-state index in [0.717, 1.165) is 31.0 Å². The van der Waals surface area contributed by atoms with Crippen LogP contribution >= 0.6 is 0 Å². The third kappa shape index (κ3) is 3.40. The van der Waals surface area contributed by atoms with Crippen molar-refractivity contribution in [2.24, 2.45) is 5.84 Å². The number of ether oxygens (including phenoxy) is 1. The third-order valence-corrected chi connectivity index (χ3v) is 3.42. The summed E-state index contributed by atoms with van der Waals surface area (Å²) in [5.41, 5.74) is 3.57. The number of aryl methyl sites for hydroxylation is 1. The Morgan fingerprint density at radius 1 is 1.53 bits per heavy atom. The predicted octanol–water partition coefficient (Wildman–Crippen LogP) is 1.11. The van der Waals surface area contributed by atoms with Crippen LogP contribution in [0.4, 0.5) is 5.82 Å². The van der Waals surface area contributed by atoms with Gasteiger partial charge in [-0.05, 0) is 20.3 Å². The number of rotatable bonds is 4. The summed E-state index contributed by atoms with van der Waals surface area (Å²) in [7, 11) is 0. The molecular weight excluding hydrogens is 242 g/mol. The van der Waals surface area contributed by atoms with Crippen molar-refractivity contribution >= 4 is 5.82 Å². The fourth-order valence-electron chi connectivity index (χ4n) is 2.21. The number of morpholine rings is 1. The number of nitrogens with zero attached hydrogens (tertiary/aromatic N) is 3. The van der Waals surface area contributed by atoms with Crippen LogP contribution in [-0.4, -0.2) is 40.6 Å². The van der Waals surface area contributed by atoms with Crippen LogP contribution < -0.4 is 11.3 Å². The molecule has 0 saturated carbocycles. The lowest BCUT2D eigenvalue weighted by Gasteiger charge is -2.34. The van der Waals surface area contributed by atoms with Crippen molar-refractivity contribution in [3.05, 3.63) is 17.6 Å². The molecule has 1 saturated heterocycles. The average Bonchev–Trinajstić information content (AvgIpc) is 2.46. The summed E-state index contributed by atoms with van der Waals surface area (Å²) in [5.74, 6) is 6.82. The maximum absolute atomic E-state index is 5.81. The standard InChI is InChI=1S/C13H23N5O/c1-4-10-7-12(17-14)16-13(15-10)11-8-18(9(2)3)5-6-19-11/h7,9,11H,4-6,8,14H2,1-3H3,(H,15,16,17). The first-order valence-corrected chi connectivity index (χ1v) is 6.84. The second kappa shape index (κ2) is 6.27. The van der Waals surface area contributed by atoms with E-state index < -0.39 is 0 Å². The zero-order valence-corrected chi connectivity index (χ0v) is 11.9. The van der Waals surface area contributed by atoms with E-state index in [1.165, 1.54) is 0 Å². The van der Waals surface area contributed by atoms with Gasteiger partial charge in [0.25, 0.3) is 0 Å². The number of nitrogens with one attached hydrogen (secondary N) is 1. The van der Waals surface area contributed by atoms with E-state index in [1.54, 1.807) is 0 Å². The van der Waals surface area contributed by atoms with Gasteiger partial charge in [-0.15, -0.1) is 0 Å². The van der Waals surface area contributed by atoms with E-state index in [1.807, 2.05) is 6.07 Å². The normalized spacial score (nSPS) is 20.8. The molecule has 1 unspecified atom stereocenters. The first kappa shape index (κ1) is 14.2. The summed E-state index contributed by atoms with van der Waals surface area (Å²) >= 11 is 0. The molecule has 0 amide bonds. The number of nitrogen functional groups attached to an aromatic ring is 1. The SMILES string of the molecule is CCc1cc(NN)nc(C2CN(C(C)C)CCO2)n1. The predicted molar refractivity (Wildman–Crippen MR) is 74.6 cm³/mol. The Kier molecular flexibility index (Phi) is 4.68. The molecule has 1 aliphatic heterocycles. The molecule has 6 nitrogen and oxygen atoms in total. The fourth-order valence-corrected chi connectivity index (χ4v) is 2.21. The van der Waals surface area contributed by atoms with Crippen molar-refractivity contribution in [1.82, 2.24) is 14.9 Å². The molecule has 1 fully saturated rings. The van der Waals surface area contributed by atoms with E-state index in [-0.39, 0.29) is 6.10 Å². The summed E-state index contributed by atoms with van der Waals surface area (Å²) in [4.78, 5) is 11.4. The highest BCUT2D eigenvalue weighted by molar-refractivity contribution is 5.34. The molecule has 1 aromatic rings. The molecule has 0 bridgehead atoms. The number of aromatic nitrogens is 2. The van der Waals surface area contributed by atoms with Gasteiger partial charge in [-0.1, -0.05) is 6.92 Å². The molecule has 6 heteroatoms. The van der Waals surface area contributed by atoms with Crippen LogP contribution in [-0.2, 0) is 11.2 Å². The second-order valence-corrected chi connectivity index (χ2v) is 5.05. The van der Waals surface area contributed by atoms with Gasteiger partial charge in [0, 0.05) is 30.9 Å². The average molecular weight is 265 g/mol. The largest absolute Gasteiger partial charge is 0.368 e. The number of nitrogens with two attached hydrogens (primary N) is 1. The molecule has 0 spiro atoms. The number of hydrazine groups is 1. The van der Waals surface area contributed by atoms with Gasteiger partial charge >= 0.3 is 0 Å². The van der Waals surface area contributed by atoms with E-state index in [4.69, 9.17) is 10.6 Å². The summed E-state index contributed by atoms with van der Waals surface area (Å²) in [6, 6.07) is 2.37. The van der Waals surface area contributed by atoms with Crippen molar-refractivity contribution in [3.8, 4) is 0 Å². The van der Waals surface area contributed by atoms with Crippen molar-refractivity contribution in [2.75, 3.05) is 25.1 Å². The van der Waals surface area contributed by atoms with Crippen molar-refractivity contribution in [2.45, 2.75) is 39.3 Å². The molecule has 2 heterocycles. The van der Waals surface area contributed by atoms with Gasteiger partial charge in [0.2, 0.25) is 0 Å². The van der Waals surface area contributed by atoms with E-state index in [9.17, 15) is 0 Å². The van der Waals surface area contributed by atoms with Crippen LogP contribution in [0.3, 0.4) is 0 Å². The molecule has 0 aliphatic carbocycles. The highest BCUT2D eigenvalue weighted by atomic mass is 16.5. The quantitative estimate of drug-likeness (QED) is 0.627. The minimum Gasteiger partial charge on any atom is -0.368 e. The molecule has 0 aromatic carbocycles. The van der Waals surface area contributed by atoms with Crippen LogP contribution in [0.15, 0.2) is 6.07 Å². The van der Waals surface area contributed by atoms with E-state index in [2.05, 4.69) is 41.1 Å². The van der Waals surface area contributed by atoms with Gasteiger partial charge in [-0.3, -0.25) is 4.90 Å². The summed E-state index contributed by atoms with van der Waals surface area (Å²) < 4.78 is 5.81. The zero-order valence-electron chi connectivity index (χ0n) is 11.9. The van der Waals surface area contributed by atoms with Gasteiger partial charge in [0.15, 0.2) is 5.82 Å². The monoisotopic (exact) mass is 265 g/mol. The molecule has 1 atom stereocenters. The maximum atomic E-state index is 5.81. The summed E-state index contributed by atoms with van der Waals surface area (Å²) in [5, 5.41) is 0. The first-order chi connectivity index (χ1) is 9.13. The van der Waals surface area contributed by atoms with Crippen LogP contribution in [0.1, 0.15) is 38.4 Å². The number of anilines is 1. The van der Waals surface area contributed by atoms with Crippen molar-refractivity contribution in [3.63, 3.8) is 0 Å². The topological polar surface area (TPSA) is 76.3 Å². The molecule has 0 radical (unpaired) electrons. The molecule has 3 N–H and O–H groups in total. The molecule has 19 heavy (non-hydrogen) atoms. The Morgan fingerprint density at radius 3 is 2.95 bits per heavy atom. The van der Waals surface area contributed by atoms with Gasteiger partial charge in [0.05, 0.1) is 6.61 Å². The Balaban J connectivity index is 2.20. The van der Waals surface area contributed by atoms with Crippen molar-refractivity contribution in [1.29, 1.82) is 0 Å². The third-order valence-electron chi connectivity index (χ3n) is 3.42. The highest BCUT2D eigenvalue weighted by Gasteiger charge is 2.26. The lowest BCUT2D eigenvalue weighted by atomic mass is 10.2. The van der Waals surface area contributed by atoms with Gasteiger partial charge < -0.3 is 10.2 Å². The minimum absolute atomic E-state index is 0.0743. The molecule has 1 aliphatic rings. The Labute approximate surface area is 114 Å². The lowest BCUT2D eigenvalue weighted by molar-refractivity contribution is -0.0443. The van der Waals surface area contributed by atoms with Gasteiger partial charge in [-0.2, -0.15) is 0 Å². The van der Waals surface area contributed by atoms with Gasteiger partial charge in [0.1, 0.15) is 11.9 Å². The molecule has 1 aromatic heterocycles. The van der Waals surface area contributed by atoms with E-state index in [0.29, 0.717) is 18.5 Å². The fraction of sp³-hybridized carbons (Fsp3) is 0.692. The van der Waals surface area contributed by atoms with Crippen molar-refractivity contribution < 1.29 is 4.74 Å².